The molecule has 0 aromatic heterocycles. The maximum Gasteiger partial charge on any atom is 0.317 e. The smallest absolute Gasteiger partial charge is 0.317 e. The van der Waals surface area contributed by atoms with E-state index in [1.807, 2.05) is 32.0 Å². The lowest BCUT2D eigenvalue weighted by atomic mass is 10.0. The summed E-state index contributed by atoms with van der Waals surface area (Å²) in [5.41, 5.74) is 1.09. The summed E-state index contributed by atoms with van der Waals surface area (Å²) in [5.74, 6) is 0. The second kappa shape index (κ2) is 9.25. The van der Waals surface area contributed by atoms with Gasteiger partial charge in [0.1, 0.15) is 0 Å². The summed E-state index contributed by atoms with van der Waals surface area (Å²) in [6, 6.07) is 8.04. The molecular weight excluding hydrogens is 324 g/mol. The molecule has 2 amide bonds. The first kappa shape index (κ1) is 19.0. The highest BCUT2D eigenvalue weighted by atomic mass is 35.5. The van der Waals surface area contributed by atoms with Crippen LogP contribution in [0.25, 0.3) is 0 Å². The molecule has 134 valence electrons. The van der Waals surface area contributed by atoms with Crippen LogP contribution in [0.5, 0.6) is 0 Å². The molecule has 6 heteroatoms. The van der Waals surface area contributed by atoms with Crippen LogP contribution >= 0.6 is 11.6 Å². The third-order valence-electron chi connectivity index (χ3n) is 4.74. The quantitative estimate of drug-likeness (QED) is 0.855. The SMILES string of the molecule is CCN(CC)C(=O)NCC(c1ccccc1Cl)N1CCN(C)CC1. The summed E-state index contributed by atoms with van der Waals surface area (Å²) in [7, 11) is 2.14. The van der Waals surface area contributed by atoms with Crippen molar-refractivity contribution in [3.05, 3.63) is 34.9 Å². The number of likely N-dealkylation sites (N-methyl/N-ethyl adjacent to an activating group) is 1. The number of carbonyl (C=O) groups is 1. The first-order valence-electron chi connectivity index (χ1n) is 8.76. The van der Waals surface area contributed by atoms with Gasteiger partial charge in [-0.25, -0.2) is 4.79 Å². The Balaban J connectivity index is 2.11. The van der Waals surface area contributed by atoms with Crippen molar-refractivity contribution in [1.82, 2.24) is 20.0 Å². The van der Waals surface area contributed by atoms with Crippen LogP contribution in [0.3, 0.4) is 0 Å². The average Bonchev–Trinajstić information content (AvgIpc) is 2.59. The van der Waals surface area contributed by atoms with Crippen LogP contribution in [-0.4, -0.2) is 73.6 Å². The molecule has 1 unspecified atom stereocenters. The summed E-state index contributed by atoms with van der Waals surface area (Å²) in [5, 5.41) is 3.85. The fourth-order valence-corrected chi connectivity index (χ4v) is 3.38. The number of halogens is 1. The van der Waals surface area contributed by atoms with Crippen molar-refractivity contribution in [3.8, 4) is 0 Å². The Morgan fingerprint density at radius 1 is 1.21 bits per heavy atom. The third kappa shape index (κ3) is 4.85. The Kier molecular flexibility index (Phi) is 7.34. The van der Waals surface area contributed by atoms with Crippen molar-refractivity contribution in [1.29, 1.82) is 0 Å². The molecule has 0 radical (unpaired) electrons. The maximum atomic E-state index is 12.3. The molecule has 5 nitrogen and oxygen atoms in total. The van der Waals surface area contributed by atoms with Gasteiger partial charge in [-0.2, -0.15) is 0 Å². The van der Waals surface area contributed by atoms with E-state index in [1.165, 1.54) is 0 Å². The zero-order chi connectivity index (χ0) is 17.5. The number of hydrogen-bond acceptors (Lipinski definition) is 3. The normalized spacial score (nSPS) is 17.5. The molecule has 24 heavy (non-hydrogen) atoms. The minimum Gasteiger partial charge on any atom is -0.336 e. The minimum absolute atomic E-state index is 0.00817. The number of hydrogen-bond donors (Lipinski definition) is 1. The summed E-state index contributed by atoms with van der Waals surface area (Å²) in [6.45, 7) is 10.0. The fraction of sp³-hybridized carbons (Fsp3) is 0.611. The zero-order valence-corrected chi connectivity index (χ0v) is 15.7. The summed E-state index contributed by atoms with van der Waals surface area (Å²) in [4.78, 5) is 18.9. The number of nitrogens with zero attached hydrogens (tertiary/aromatic N) is 3. The predicted molar refractivity (Wildman–Crippen MR) is 99.6 cm³/mol. The Hall–Kier alpha value is -1.30. The summed E-state index contributed by atoms with van der Waals surface area (Å²) in [6.07, 6.45) is 0. The number of piperazine rings is 1. The van der Waals surface area contributed by atoms with Gasteiger partial charge in [0.15, 0.2) is 0 Å². The minimum atomic E-state index is -0.00817. The lowest BCUT2D eigenvalue weighted by Crippen LogP contribution is -2.49. The Labute approximate surface area is 150 Å². The van der Waals surface area contributed by atoms with Gasteiger partial charge in [0, 0.05) is 50.8 Å². The number of amides is 2. The molecule has 0 aliphatic carbocycles. The molecule has 1 aliphatic heterocycles. The molecule has 0 saturated carbocycles. The van der Waals surface area contributed by atoms with Gasteiger partial charge in [-0.3, -0.25) is 4.90 Å². The maximum absolute atomic E-state index is 12.3. The van der Waals surface area contributed by atoms with Crippen molar-refractivity contribution in [2.75, 3.05) is 52.9 Å². The molecule has 2 rings (SSSR count). The molecule has 1 aliphatic rings. The van der Waals surface area contributed by atoms with Crippen LogP contribution in [0.4, 0.5) is 4.79 Å². The van der Waals surface area contributed by atoms with Crippen LogP contribution in [0.2, 0.25) is 5.02 Å². The summed E-state index contributed by atoms with van der Waals surface area (Å²) >= 11 is 6.44. The van der Waals surface area contributed by atoms with E-state index in [4.69, 9.17) is 11.6 Å². The van der Waals surface area contributed by atoms with Crippen LogP contribution < -0.4 is 5.32 Å². The Morgan fingerprint density at radius 2 is 1.83 bits per heavy atom. The topological polar surface area (TPSA) is 38.8 Å². The molecular formula is C18H29ClN4O. The van der Waals surface area contributed by atoms with Crippen molar-refractivity contribution in [3.63, 3.8) is 0 Å². The van der Waals surface area contributed by atoms with Gasteiger partial charge in [-0.1, -0.05) is 29.8 Å². The number of nitrogens with one attached hydrogen (secondary N) is 1. The van der Waals surface area contributed by atoms with Gasteiger partial charge in [-0.05, 0) is 32.5 Å². The number of benzene rings is 1. The van der Waals surface area contributed by atoms with E-state index in [0.717, 1.165) is 36.8 Å². The van der Waals surface area contributed by atoms with E-state index >= 15 is 0 Å². The highest BCUT2D eigenvalue weighted by Gasteiger charge is 2.26. The van der Waals surface area contributed by atoms with Crippen LogP contribution in [0.1, 0.15) is 25.5 Å². The first-order valence-corrected chi connectivity index (χ1v) is 9.14. The van der Waals surface area contributed by atoms with Crippen molar-refractivity contribution in [2.24, 2.45) is 0 Å². The Bertz CT molecular complexity index is 528. The predicted octanol–water partition coefficient (Wildman–Crippen LogP) is 2.68. The van der Waals surface area contributed by atoms with Crippen LogP contribution in [0.15, 0.2) is 24.3 Å². The zero-order valence-electron chi connectivity index (χ0n) is 15.0. The Morgan fingerprint density at radius 3 is 2.42 bits per heavy atom. The van der Waals surface area contributed by atoms with Gasteiger partial charge >= 0.3 is 6.03 Å². The number of rotatable bonds is 6. The number of carbonyl (C=O) groups excluding carboxylic acids is 1. The highest BCUT2D eigenvalue weighted by molar-refractivity contribution is 6.31. The second-order valence-electron chi connectivity index (χ2n) is 6.23. The van der Waals surface area contributed by atoms with Gasteiger partial charge in [0.25, 0.3) is 0 Å². The van der Waals surface area contributed by atoms with Gasteiger partial charge in [-0.15, -0.1) is 0 Å². The molecule has 0 spiro atoms. The molecule has 1 aromatic carbocycles. The molecule has 0 bridgehead atoms. The van der Waals surface area contributed by atoms with Gasteiger partial charge in [0.2, 0.25) is 0 Å². The van der Waals surface area contributed by atoms with E-state index in [0.29, 0.717) is 19.6 Å². The molecule has 1 saturated heterocycles. The molecule has 1 heterocycles. The lowest BCUT2D eigenvalue weighted by Gasteiger charge is -2.38. The first-order chi connectivity index (χ1) is 11.6. The highest BCUT2D eigenvalue weighted by Crippen LogP contribution is 2.27. The molecule has 1 aromatic rings. The average molecular weight is 353 g/mol. The van der Waals surface area contributed by atoms with Gasteiger partial charge < -0.3 is 15.1 Å². The monoisotopic (exact) mass is 352 g/mol. The largest absolute Gasteiger partial charge is 0.336 e. The van der Waals surface area contributed by atoms with E-state index < -0.39 is 0 Å². The number of urea groups is 1. The van der Waals surface area contributed by atoms with Crippen molar-refractivity contribution < 1.29 is 4.79 Å². The van der Waals surface area contributed by atoms with E-state index in [9.17, 15) is 4.79 Å². The second-order valence-corrected chi connectivity index (χ2v) is 6.64. The van der Waals surface area contributed by atoms with Gasteiger partial charge in [0.05, 0.1) is 6.04 Å². The van der Waals surface area contributed by atoms with E-state index in [-0.39, 0.29) is 12.1 Å². The van der Waals surface area contributed by atoms with E-state index in [1.54, 1.807) is 4.90 Å². The van der Waals surface area contributed by atoms with E-state index in [2.05, 4.69) is 28.2 Å². The van der Waals surface area contributed by atoms with Crippen LogP contribution in [0, 0.1) is 0 Å². The lowest BCUT2D eigenvalue weighted by molar-refractivity contribution is 0.109. The van der Waals surface area contributed by atoms with Crippen molar-refractivity contribution in [2.45, 2.75) is 19.9 Å². The standard InChI is InChI=1S/C18H29ClN4O/c1-4-22(5-2)18(24)20-14-17(15-8-6-7-9-16(15)19)23-12-10-21(3)11-13-23/h6-9,17H,4-5,10-14H2,1-3H3,(H,20,24). The third-order valence-corrected chi connectivity index (χ3v) is 5.08. The van der Waals surface area contributed by atoms with Crippen LogP contribution in [-0.2, 0) is 0 Å². The fourth-order valence-electron chi connectivity index (χ4n) is 3.12. The molecule has 1 atom stereocenters. The summed E-state index contributed by atoms with van der Waals surface area (Å²) < 4.78 is 0. The van der Waals surface area contributed by atoms with Crippen molar-refractivity contribution >= 4 is 17.6 Å². The molecule has 1 fully saturated rings. The molecule has 1 N–H and O–H groups in total.